The van der Waals surface area contributed by atoms with Crippen molar-refractivity contribution in [2.75, 3.05) is 6.79 Å². The Labute approximate surface area is 96.9 Å². The average Bonchev–Trinajstić information content (AvgIpc) is 2.74. The van der Waals surface area contributed by atoms with Crippen molar-refractivity contribution in [2.24, 2.45) is 0 Å². The van der Waals surface area contributed by atoms with E-state index in [-0.39, 0.29) is 0 Å². The Hall–Kier alpha value is -1.44. The second-order valence-electron chi connectivity index (χ2n) is 4.15. The van der Waals surface area contributed by atoms with Crippen molar-refractivity contribution in [3.8, 4) is 11.5 Å². The molecule has 0 aliphatic carbocycles. The molecule has 16 heavy (non-hydrogen) atoms. The smallest absolute Gasteiger partial charge is 0.231 e. The van der Waals surface area contributed by atoms with Gasteiger partial charge in [-0.05, 0) is 43.9 Å². The van der Waals surface area contributed by atoms with E-state index in [4.69, 9.17) is 9.47 Å². The van der Waals surface area contributed by atoms with Crippen LogP contribution in [0.4, 0.5) is 0 Å². The molecule has 0 unspecified atom stereocenters. The van der Waals surface area contributed by atoms with E-state index in [1.807, 2.05) is 6.07 Å². The Morgan fingerprint density at radius 2 is 2.12 bits per heavy atom. The van der Waals surface area contributed by atoms with Gasteiger partial charge in [-0.1, -0.05) is 24.6 Å². The summed E-state index contributed by atoms with van der Waals surface area (Å²) in [5.74, 6) is 1.75. The zero-order valence-electron chi connectivity index (χ0n) is 9.95. The second kappa shape index (κ2) is 5.06. The van der Waals surface area contributed by atoms with Gasteiger partial charge in [0.1, 0.15) is 0 Å². The molecule has 1 aromatic rings. The molecule has 0 saturated carbocycles. The highest BCUT2D eigenvalue weighted by molar-refractivity contribution is 5.44. The summed E-state index contributed by atoms with van der Waals surface area (Å²) in [6.45, 7) is 4.72. The van der Waals surface area contributed by atoms with E-state index in [9.17, 15) is 0 Å². The number of aryl methyl sites for hydroxylation is 1. The number of hydrogen-bond acceptors (Lipinski definition) is 2. The quantitative estimate of drug-likeness (QED) is 0.717. The van der Waals surface area contributed by atoms with Gasteiger partial charge in [-0.25, -0.2) is 0 Å². The van der Waals surface area contributed by atoms with Crippen LogP contribution in [0.2, 0.25) is 0 Å². The number of rotatable bonds is 4. The highest BCUT2D eigenvalue weighted by atomic mass is 16.7. The van der Waals surface area contributed by atoms with Crippen molar-refractivity contribution in [3.63, 3.8) is 0 Å². The molecule has 1 aliphatic rings. The van der Waals surface area contributed by atoms with E-state index in [1.165, 1.54) is 11.1 Å². The fraction of sp³-hybridized carbons (Fsp3) is 0.429. The van der Waals surface area contributed by atoms with Gasteiger partial charge in [-0.3, -0.25) is 0 Å². The fourth-order valence-electron chi connectivity index (χ4n) is 1.89. The van der Waals surface area contributed by atoms with Crippen LogP contribution in [0.25, 0.3) is 0 Å². The third-order valence-electron chi connectivity index (χ3n) is 2.80. The van der Waals surface area contributed by atoms with E-state index in [0.717, 1.165) is 30.8 Å². The first-order valence-electron chi connectivity index (χ1n) is 5.83. The molecule has 86 valence electrons. The molecule has 1 aromatic carbocycles. The largest absolute Gasteiger partial charge is 0.454 e. The summed E-state index contributed by atoms with van der Waals surface area (Å²) >= 11 is 0. The van der Waals surface area contributed by atoms with Crippen LogP contribution in [-0.4, -0.2) is 6.79 Å². The van der Waals surface area contributed by atoms with Crippen molar-refractivity contribution in [3.05, 3.63) is 35.4 Å². The standard InChI is InChI=1S/C14H18O2/c1-3-4-11(2)5-6-12-7-8-13-14(9-12)16-10-15-13/h4,7-9H,3,5-6,10H2,1-2H3. The lowest BCUT2D eigenvalue weighted by Crippen LogP contribution is -1.93. The SMILES string of the molecule is CCC=C(C)CCc1ccc2c(c1)OCO2. The molecular weight excluding hydrogens is 200 g/mol. The van der Waals surface area contributed by atoms with Gasteiger partial charge in [0, 0.05) is 0 Å². The molecule has 0 aromatic heterocycles. The number of benzene rings is 1. The Bertz CT molecular complexity index is 394. The van der Waals surface area contributed by atoms with E-state index in [0.29, 0.717) is 6.79 Å². The molecule has 2 rings (SSSR count). The fourth-order valence-corrected chi connectivity index (χ4v) is 1.89. The maximum absolute atomic E-state index is 5.36. The van der Waals surface area contributed by atoms with E-state index >= 15 is 0 Å². The van der Waals surface area contributed by atoms with Crippen LogP contribution in [0.5, 0.6) is 11.5 Å². The van der Waals surface area contributed by atoms with Crippen molar-refractivity contribution in [2.45, 2.75) is 33.1 Å². The number of allylic oxidation sites excluding steroid dienone is 2. The molecule has 0 N–H and O–H groups in total. The van der Waals surface area contributed by atoms with Gasteiger partial charge in [0.25, 0.3) is 0 Å². The van der Waals surface area contributed by atoms with Crippen molar-refractivity contribution < 1.29 is 9.47 Å². The lowest BCUT2D eigenvalue weighted by atomic mass is 10.0. The Morgan fingerprint density at radius 1 is 1.31 bits per heavy atom. The first-order chi connectivity index (χ1) is 7.79. The third-order valence-corrected chi connectivity index (χ3v) is 2.80. The van der Waals surface area contributed by atoms with Crippen LogP contribution in [-0.2, 0) is 6.42 Å². The summed E-state index contributed by atoms with van der Waals surface area (Å²) in [6, 6.07) is 6.20. The van der Waals surface area contributed by atoms with Crippen molar-refractivity contribution in [1.82, 2.24) is 0 Å². The molecule has 0 amide bonds. The number of hydrogen-bond donors (Lipinski definition) is 0. The molecule has 1 heterocycles. The van der Waals surface area contributed by atoms with Gasteiger partial charge >= 0.3 is 0 Å². The Morgan fingerprint density at radius 3 is 2.94 bits per heavy atom. The lowest BCUT2D eigenvalue weighted by molar-refractivity contribution is 0.174. The van der Waals surface area contributed by atoms with Gasteiger partial charge in [-0.15, -0.1) is 0 Å². The van der Waals surface area contributed by atoms with Gasteiger partial charge in [0.05, 0.1) is 0 Å². The normalized spacial score (nSPS) is 14.2. The average molecular weight is 218 g/mol. The minimum Gasteiger partial charge on any atom is -0.454 e. The van der Waals surface area contributed by atoms with Crippen LogP contribution in [0.15, 0.2) is 29.8 Å². The first-order valence-corrected chi connectivity index (χ1v) is 5.83. The summed E-state index contributed by atoms with van der Waals surface area (Å²) < 4.78 is 10.6. The van der Waals surface area contributed by atoms with Crippen LogP contribution >= 0.6 is 0 Å². The molecule has 1 aliphatic heterocycles. The molecule has 0 bridgehead atoms. The van der Waals surface area contributed by atoms with Gasteiger partial charge < -0.3 is 9.47 Å². The molecule has 0 fully saturated rings. The monoisotopic (exact) mass is 218 g/mol. The minimum atomic E-state index is 0.355. The van der Waals surface area contributed by atoms with Crippen molar-refractivity contribution >= 4 is 0 Å². The molecule has 0 atom stereocenters. The first kappa shape index (κ1) is 11.1. The van der Waals surface area contributed by atoms with Crippen LogP contribution in [0, 0.1) is 0 Å². The van der Waals surface area contributed by atoms with E-state index in [2.05, 4.69) is 32.1 Å². The number of ether oxygens (including phenoxy) is 2. The third kappa shape index (κ3) is 2.57. The maximum Gasteiger partial charge on any atom is 0.231 e. The van der Waals surface area contributed by atoms with E-state index < -0.39 is 0 Å². The minimum absolute atomic E-state index is 0.355. The molecule has 0 saturated heterocycles. The summed E-state index contributed by atoms with van der Waals surface area (Å²) in [5, 5.41) is 0. The van der Waals surface area contributed by atoms with Crippen LogP contribution in [0.3, 0.4) is 0 Å². The zero-order valence-corrected chi connectivity index (χ0v) is 9.95. The van der Waals surface area contributed by atoms with Crippen molar-refractivity contribution in [1.29, 1.82) is 0 Å². The van der Waals surface area contributed by atoms with Gasteiger partial charge in [0.15, 0.2) is 11.5 Å². The second-order valence-corrected chi connectivity index (χ2v) is 4.15. The van der Waals surface area contributed by atoms with Crippen LogP contribution in [0.1, 0.15) is 32.3 Å². The summed E-state index contributed by atoms with van der Waals surface area (Å²) in [5.41, 5.74) is 2.77. The Balaban J connectivity index is 1.98. The van der Waals surface area contributed by atoms with Gasteiger partial charge in [-0.2, -0.15) is 0 Å². The molecular formula is C14H18O2. The summed E-state index contributed by atoms with van der Waals surface area (Å²) in [4.78, 5) is 0. The molecule has 0 radical (unpaired) electrons. The topological polar surface area (TPSA) is 18.5 Å². The van der Waals surface area contributed by atoms with Crippen LogP contribution < -0.4 is 9.47 Å². The molecule has 0 spiro atoms. The lowest BCUT2D eigenvalue weighted by Gasteiger charge is -2.03. The predicted molar refractivity (Wildman–Crippen MR) is 64.9 cm³/mol. The highest BCUT2D eigenvalue weighted by Gasteiger charge is 2.12. The Kier molecular flexibility index (Phi) is 3.50. The molecule has 2 nitrogen and oxygen atoms in total. The van der Waals surface area contributed by atoms with E-state index in [1.54, 1.807) is 0 Å². The molecule has 2 heteroatoms. The zero-order chi connectivity index (χ0) is 11.4. The summed E-state index contributed by atoms with van der Waals surface area (Å²) in [6.07, 6.45) is 5.59. The summed E-state index contributed by atoms with van der Waals surface area (Å²) in [7, 11) is 0. The predicted octanol–water partition coefficient (Wildman–Crippen LogP) is 3.70. The number of fused-ring (bicyclic) bond motifs is 1. The highest BCUT2D eigenvalue weighted by Crippen LogP contribution is 2.32. The van der Waals surface area contributed by atoms with Gasteiger partial charge in [0.2, 0.25) is 6.79 Å². The maximum atomic E-state index is 5.36.